The van der Waals surface area contributed by atoms with E-state index in [4.69, 9.17) is 0 Å². The van der Waals surface area contributed by atoms with E-state index >= 15 is 0 Å². The van der Waals surface area contributed by atoms with Crippen molar-refractivity contribution in [3.05, 3.63) is 52.6 Å². The van der Waals surface area contributed by atoms with Crippen molar-refractivity contribution in [2.75, 3.05) is 12.4 Å². The second-order valence-electron chi connectivity index (χ2n) is 7.58. The summed E-state index contributed by atoms with van der Waals surface area (Å²) in [6.07, 6.45) is 4.34. The van der Waals surface area contributed by atoms with Crippen LogP contribution in [0.3, 0.4) is 0 Å². The first-order valence-corrected chi connectivity index (χ1v) is 9.82. The summed E-state index contributed by atoms with van der Waals surface area (Å²) in [6.45, 7) is 0.165. The van der Waals surface area contributed by atoms with Crippen LogP contribution in [0.1, 0.15) is 32.1 Å². The minimum absolute atomic E-state index is 0.165. The van der Waals surface area contributed by atoms with Gasteiger partial charge in [-0.3, -0.25) is 9.89 Å². The normalized spacial score (nSPS) is 16.0. The number of hydrogen-bond donors (Lipinski definition) is 3. The Morgan fingerprint density at radius 3 is 2.59 bits per heavy atom. The third-order valence-corrected chi connectivity index (χ3v) is 5.49. The van der Waals surface area contributed by atoms with Gasteiger partial charge in [0.05, 0.1) is 29.1 Å². The Kier molecular flexibility index (Phi) is 5.19. The van der Waals surface area contributed by atoms with E-state index in [2.05, 4.69) is 20.6 Å². The van der Waals surface area contributed by atoms with Crippen LogP contribution in [0.25, 0.3) is 22.5 Å². The first-order valence-electron chi connectivity index (χ1n) is 9.82. The molecule has 7 nitrogen and oxygen atoms in total. The van der Waals surface area contributed by atoms with E-state index in [1.165, 1.54) is 22.9 Å². The number of rotatable bonds is 5. The molecular weight excluding hydrogens is 373 g/mol. The van der Waals surface area contributed by atoms with E-state index in [0.29, 0.717) is 35.6 Å². The van der Waals surface area contributed by atoms with Crippen LogP contribution >= 0.6 is 0 Å². The van der Waals surface area contributed by atoms with E-state index in [0.717, 1.165) is 24.8 Å². The third kappa shape index (κ3) is 3.93. The number of anilines is 1. The molecule has 0 bridgehead atoms. The zero-order chi connectivity index (χ0) is 20.4. The van der Waals surface area contributed by atoms with Gasteiger partial charge in [0.15, 0.2) is 5.82 Å². The average molecular weight is 397 g/mol. The Morgan fingerprint density at radius 1 is 1.17 bits per heavy atom. The molecule has 2 aromatic heterocycles. The number of H-pyrrole nitrogens is 1. The maximum Gasteiger partial charge on any atom is 0.266 e. The second-order valence-corrected chi connectivity index (χ2v) is 7.58. The van der Waals surface area contributed by atoms with Crippen LogP contribution < -0.4 is 10.9 Å². The first-order chi connectivity index (χ1) is 14.0. The van der Waals surface area contributed by atoms with Crippen molar-refractivity contribution in [3.8, 4) is 22.5 Å². The molecule has 29 heavy (non-hydrogen) atoms. The Morgan fingerprint density at radius 2 is 1.90 bits per heavy atom. The highest BCUT2D eigenvalue weighted by atomic mass is 19.1. The molecule has 0 radical (unpaired) electrons. The molecule has 0 unspecified atom stereocenters. The van der Waals surface area contributed by atoms with Gasteiger partial charge in [-0.05, 0) is 43.2 Å². The lowest BCUT2D eigenvalue weighted by atomic mass is 9.85. The molecule has 1 aliphatic carbocycles. The standard InChI is InChI=1S/C21H24FN5O2/c1-23-20-18(19(24-25-20)14-5-7-15(22)8-6-14)16-9-10-17(28)27(26-16)13-21(29)11-3-2-4-12-21/h5-10,29H,2-4,11-13H2,1H3,(H2,23,24,25). The molecule has 1 saturated carbocycles. The van der Waals surface area contributed by atoms with Gasteiger partial charge < -0.3 is 10.4 Å². The van der Waals surface area contributed by atoms with Gasteiger partial charge in [0.1, 0.15) is 5.82 Å². The molecule has 1 fully saturated rings. The fourth-order valence-corrected chi connectivity index (χ4v) is 3.94. The van der Waals surface area contributed by atoms with Crippen LogP contribution in [0.4, 0.5) is 10.2 Å². The quantitative estimate of drug-likeness (QED) is 0.615. The van der Waals surface area contributed by atoms with Crippen LogP contribution in [0.15, 0.2) is 41.2 Å². The molecule has 3 N–H and O–H groups in total. The Bertz CT molecular complexity index is 1050. The second kappa shape index (κ2) is 7.79. The maximum absolute atomic E-state index is 13.3. The van der Waals surface area contributed by atoms with Crippen LogP contribution in [0.2, 0.25) is 0 Å². The van der Waals surface area contributed by atoms with Crippen LogP contribution in [-0.4, -0.2) is 37.7 Å². The highest BCUT2D eigenvalue weighted by molar-refractivity contribution is 5.86. The van der Waals surface area contributed by atoms with Gasteiger partial charge in [0, 0.05) is 18.7 Å². The summed E-state index contributed by atoms with van der Waals surface area (Å²) in [5.74, 6) is 0.245. The molecule has 3 aromatic rings. The fraction of sp³-hybridized carbons (Fsp3) is 0.381. The monoisotopic (exact) mass is 397 g/mol. The minimum Gasteiger partial charge on any atom is -0.388 e. The van der Waals surface area contributed by atoms with Gasteiger partial charge in [-0.15, -0.1) is 0 Å². The lowest BCUT2D eigenvalue weighted by Gasteiger charge is -2.32. The van der Waals surface area contributed by atoms with E-state index in [1.54, 1.807) is 25.2 Å². The highest BCUT2D eigenvalue weighted by Crippen LogP contribution is 2.35. The Balaban J connectivity index is 1.76. The molecule has 2 heterocycles. The summed E-state index contributed by atoms with van der Waals surface area (Å²) in [7, 11) is 1.74. The van der Waals surface area contributed by atoms with E-state index in [1.807, 2.05) is 0 Å². The largest absolute Gasteiger partial charge is 0.388 e. The van der Waals surface area contributed by atoms with Crippen LogP contribution in [0.5, 0.6) is 0 Å². The summed E-state index contributed by atoms with van der Waals surface area (Å²) < 4.78 is 14.7. The molecule has 0 spiro atoms. The number of aromatic amines is 1. The number of halogens is 1. The first kappa shape index (κ1) is 19.3. The highest BCUT2D eigenvalue weighted by Gasteiger charge is 2.30. The number of nitrogens with one attached hydrogen (secondary N) is 2. The van der Waals surface area contributed by atoms with Crippen molar-refractivity contribution in [1.82, 2.24) is 20.0 Å². The van der Waals surface area contributed by atoms with Crippen molar-refractivity contribution < 1.29 is 9.50 Å². The zero-order valence-corrected chi connectivity index (χ0v) is 16.3. The molecule has 0 saturated heterocycles. The summed E-state index contributed by atoms with van der Waals surface area (Å²) in [4.78, 5) is 12.4. The molecular formula is C21H24FN5O2. The number of benzene rings is 1. The van der Waals surface area contributed by atoms with Gasteiger partial charge in [0.25, 0.3) is 5.56 Å². The van der Waals surface area contributed by atoms with Crippen molar-refractivity contribution >= 4 is 5.82 Å². The van der Waals surface area contributed by atoms with Crippen LogP contribution in [-0.2, 0) is 6.54 Å². The average Bonchev–Trinajstić information content (AvgIpc) is 3.15. The molecule has 152 valence electrons. The summed E-state index contributed by atoms with van der Waals surface area (Å²) in [5, 5.41) is 25.7. The number of hydrogen-bond acceptors (Lipinski definition) is 5. The predicted octanol–water partition coefficient (Wildman–Crippen LogP) is 3.18. The van der Waals surface area contributed by atoms with Gasteiger partial charge in [-0.1, -0.05) is 19.3 Å². The predicted molar refractivity (Wildman–Crippen MR) is 109 cm³/mol. The minimum atomic E-state index is -0.907. The Hall–Kier alpha value is -3.00. The van der Waals surface area contributed by atoms with E-state index in [9.17, 15) is 14.3 Å². The Labute approximate surface area is 167 Å². The lowest BCUT2D eigenvalue weighted by molar-refractivity contribution is -0.0153. The summed E-state index contributed by atoms with van der Waals surface area (Å²) >= 11 is 0. The SMILES string of the molecule is CNc1n[nH]c(-c2ccc(F)cc2)c1-c1ccc(=O)n(CC2(O)CCCCC2)n1. The summed E-state index contributed by atoms with van der Waals surface area (Å²) in [6, 6.07) is 9.18. The maximum atomic E-state index is 13.3. The van der Waals surface area contributed by atoms with E-state index < -0.39 is 5.60 Å². The summed E-state index contributed by atoms with van der Waals surface area (Å²) in [5.41, 5.74) is 1.48. The molecule has 0 amide bonds. The van der Waals surface area contributed by atoms with Gasteiger partial charge in [-0.2, -0.15) is 10.2 Å². The topological polar surface area (TPSA) is 95.8 Å². The van der Waals surface area contributed by atoms with Crippen molar-refractivity contribution in [1.29, 1.82) is 0 Å². The molecule has 1 aromatic carbocycles. The van der Waals surface area contributed by atoms with Crippen molar-refractivity contribution in [2.45, 2.75) is 44.2 Å². The smallest absolute Gasteiger partial charge is 0.266 e. The molecule has 0 aliphatic heterocycles. The molecule has 0 atom stereocenters. The number of nitrogens with zero attached hydrogens (tertiary/aromatic N) is 3. The van der Waals surface area contributed by atoms with Crippen molar-refractivity contribution in [3.63, 3.8) is 0 Å². The fourth-order valence-electron chi connectivity index (χ4n) is 3.94. The van der Waals surface area contributed by atoms with Gasteiger partial charge in [0.2, 0.25) is 0 Å². The number of aliphatic hydroxyl groups is 1. The van der Waals surface area contributed by atoms with E-state index in [-0.39, 0.29) is 17.9 Å². The van der Waals surface area contributed by atoms with Gasteiger partial charge in [-0.25, -0.2) is 9.07 Å². The molecule has 4 rings (SSSR count). The van der Waals surface area contributed by atoms with Crippen LogP contribution in [0, 0.1) is 5.82 Å². The van der Waals surface area contributed by atoms with Crippen molar-refractivity contribution in [2.24, 2.45) is 0 Å². The number of aromatic nitrogens is 4. The lowest BCUT2D eigenvalue weighted by Crippen LogP contribution is -2.40. The molecule has 1 aliphatic rings. The molecule has 8 heteroatoms. The van der Waals surface area contributed by atoms with Gasteiger partial charge >= 0.3 is 0 Å². The zero-order valence-electron chi connectivity index (χ0n) is 16.3. The third-order valence-electron chi connectivity index (χ3n) is 5.49.